The summed E-state index contributed by atoms with van der Waals surface area (Å²) in [5, 5.41) is 9.56. The predicted molar refractivity (Wildman–Crippen MR) is 164 cm³/mol. The van der Waals surface area contributed by atoms with Crippen LogP contribution in [0, 0.1) is 30.7 Å². The fraction of sp³-hybridized carbons (Fsp3) is 0.278. The Balaban J connectivity index is 0.000000284. The molecule has 41 heavy (non-hydrogen) atoms. The van der Waals surface area contributed by atoms with Gasteiger partial charge >= 0.3 is 0 Å². The number of allylic oxidation sites excluding steroid dienone is 2. The van der Waals surface area contributed by atoms with Crippen molar-refractivity contribution in [2.45, 2.75) is 55.4 Å². The normalized spacial score (nSPS) is 12.2. The number of pyridine rings is 1. The second kappa shape index (κ2) is 12.5. The Hall–Kier alpha value is -3.53. The number of fused-ring (bicyclic) bond motifs is 5. The molecule has 5 rings (SSSR count). The minimum atomic E-state index is -0.417. The zero-order valence-electron chi connectivity index (χ0n) is 25.0. The van der Waals surface area contributed by atoms with Crippen molar-refractivity contribution in [2.75, 3.05) is 0 Å². The third-order valence-electron chi connectivity index (χ3n) is 6.67. The van der Waals surface area contributed by atoms with Crippen molar-refractivity contribution in [3.8, 4) is 45.0 Å². The topological polar surface area (TPSA) is 59.4 Å². The maximum atomic E-state index is 11.5. The Kier molecular flexibility index (Phi) is 9.79. The van der Waals surface area contributed by atoms with Crippen LogP contribution in [-0.2, 0) is 24.9 Å². The summed E-state index contributed by atoms with van der Waals surface area (Å²) in [5.74, 6) is 1.74. The molecule has 1 aliphatic heterocycles. The summed E-state index contributed by atoms with van der Waals surface area (Å²) < 4.78 is 6.20. The number of aromatic nitrogens is 1. The molecular formula is C36H38IrNO3-. The van der Waals surface area contributed by atoms with Crippen LogP contribution in [0.1, 0.15) is 52.7 Å². The number of aryl methyl sites for hydroxylation is 2. The van der Waals surface area contributed by atoms with E-state index in [1.807, 2.05) is 84.1 Å². The first-order valence-corrected chi connectivity index (χ1v) is 13.6. The van der Waals surface area contributed by atoms with E-state index in [1.54, 1.807) is 0 Å². The molecular weight excluding hydrogens is 687 g/mol. The predicted octanol–water partition coefficient (Wildman–Crippen LogP) is 9.69. The fourth-order valence-corrected chi connectivity index (χ4v) is 4.31. The first-order chi connectivity index (χ1) is 18.7. The number of carbonyl (C=O) groups is 1. The number of aliphatic hydroxyl groups excluding tert-OH is 1. The summed E-state index contributed by atoms with van der Waals surface area (Å²) in [5.41, 5.74) is 7.96. The van der Waals surface area contributed by atoms with E-state index in [9.17, 15) is 9.90 Å². The molecule has 215 valence electrons. The van der Waals surface area contributed by atoms with Gasteiger partial charge in [-0.2, -0.15) is 0 Å². The van der Waals surface area contributed by atoms with Gasteiger partial charge in [0.25, 0.3) is 0 Å². The van der Waals surface area contributed by atoms with E-state index in [0.717, 1.165) is 39.4 Å². The Morgan fingerprint density at radius 3 is 2.10 bits per heavy atom. The first-order valence-electron chi connectivity index (χ1n) is 13.6. The molecule has 0 unspecified atom stereocenters. The molecule has 0 amide bonds. The van der Waals surface area contributed by atoms with Gasteiger partial charge in [0.1, 0.15) is 11.5 Å². The average molecular weight is 725 g/mol. The van der Waals surface area contributed by atoms with Crippen LogP contribution in [0.15, 0.2) is 84.8 Å². The molecule has 0 saturated heterocycles. The van der Waals surface area contributed by atoms with Crippen LogP contribution in [0.2, 0.25) is 0 Å². The number of hydrogen-bond donors (Lipinski definition) is 1. The zero-order chi connectivity index (χ0) is 29.2. The molecule has 0 aliphatic carbocycles. The van der Waals surface area contributed by atoms with Gasteiger partial charge in [0.2, 0.25) is 0 Å². The smallest absolute Gasteiger partial charge is 0.164 e. The quantitative estimate of drug-likeness (QED) is 0.112. The van der Waals surface area contributed by atoms with Crippen LogP contribution in [0.25, 0.3) is 33.5 Å². The molecule has 0 atom stereocenters. The van der Waals surface area contributed by atoms with Gasteiger partial charge in [0.05, 0.1) is 0 Å². The van der Waals surface area contributed by atoms with Crippen molar-refractivity contribution in [2.24, 2.45) is 10.8 Å². The molecule has 4 nitrogen and oxygen atoms in total. The number of benzene rings is 3. The largest absolute Gasteiger partial charge is 0.512 e. The SMILES string of the molecule is CC(C)(C)C(=O)C=C(O)C(C)(C)C.Cc1cc(C)cc(-c2cnc3c(c2)-c2ccccc2Oc2ccc[c-]c2-3)c1.[Ir]. The third kappa shape index (κ3) is 7.61. The number of rotatable bonds is 2. The van der Waals surface area contributed by atoms with Crippen LogP contribution in [0.3, 0.4) is 0 Å². The molecule has 1 radical (unpaired) electrons. The molecule has 0 spiro atoms. The molecule has 3 aromatic carbocycles. The molecule has 1 aromatic heterocycles. The molecule has 1 aliphatic rings. The first kappa shape index (κ1) is 32.0. The number of hydrogen-bond acceptors (Lipinski definition) is 4. The van der Waals surface area contributed by atoms with E-state index >= 15 is 0 Å². The number of aliphatic hydroxyl groups is 1. The number of ether oxygens (including phenoxy) is 1. The van der Waals surface area contributed by atoms with Crippen LogP contribution in [0.5, 0.6) is 11.5 Å². The molecule has 0 saturated carbocycles. The summed E-state index contributed by atoms with van der Waals surface area (Å²) in [6, 6.07) is 26.1. The summed E-state index contributed by atoms with van der Waals surface area (Å²) >= 11 is 0. The standard InChI is InChI=1S/C25H18NO.C11H20O2.Ir/c1-16-11-17(2)13-18(12-16)19-14-22-20-7-3-5-9-23(20)27-24-10-6-4-8-21(24)25(22)26-15-19;1-10(2,3)8(12)7-9(13)11(4,5)6;/h3-7,9-15H,1-2H3;7,12H,1-6H3;/q-1;;. The summed E-state index contributed by atoms with van der Waals surface area (Å²) in [4.78, 5) is 16.3. The minimum absolute atomic E-state index is 0. The molecule has 2 heterocycles. The molecule has 0 fully saturated rings. The van der Waals surface area contributed by atoms with Crippen molar-refractivity contribution in [3.63, 3.8) is 0 Å². The fourth-order valence-electron chi connectivity index (χ4n) is 4.31. The van der Waals surface area contributed by atoms with E-state index in [1.165, 1.54) is 22.8 Å². The Morgan fingerprint density at radius 1 is 0.829 bits per heavy atom. The van der Waals surface area contributed by atoms with Crippen LogP contribution < -0.4 is 4.74 Å². The molecule has 4 aromatic rings. The van der Waals surface area contributed by atoms with Crippen molar-refractivity contribution < 1.29 is 34.7 Å². The molecule has 1 N–H and O–H groups in total. The van der Waals surface area contributed by atoms with Crippen molar-refractivity contribution in [1.82, 2.24) is 4.98 Å². The summed E-state index contributed by atoms with van der Waals surface area (Å²) in [7, 11) is 0. The minimum Gasteiger partial charge on any atom is -0.512 e. The third-order valence-corrected chi connectivity index (χ3v) is 6.67. The van der Waals surface area contributed by atoms with E-state index in [0.29, 0.717) is 0 Å². The van der Waals surface area contributed by atoms with Gasteiger partial charge in [0.15, 0.2) is 5.78 Å². The van der Waals surface area contributed by atoms with Gasteiger partial charge in [0, 0.05) is 54.5 Å². The van der Waals surface area contributed by atoms with Gasteiger partial charge in [-0.05, 0) is 42.3 Å². The van der Waals surface area contributed by atoms with Gasteiger partial charge in [-0.15, -0.1) is 24.3 Å². The van der Waals surface area contributed by atoms with Crippen LogP contribution >= 0.6 is 0 Å². The van der Waals surface area contributed by atoms with Crippen molar-refractivity contribution >= 4 is 5.78 Å². The van der Waals surface area contributed by atoms with Crippen molar-refractivity contribution in [3.05, 3.63) is 102 Å². The Labute approximate surface area is 257 Å². The maximum absolute atomic E-state index is 11.5. The van der Waals surface area contributed by atoms with Crippen molar-refractivity contribution in [1.29, 1.82) is 0 Å². The van der Waals surface area contributed by atoms with Gasteiger partial charge in [-0.1, -0.05) is 101 Å². The molecule has 5 heteroatoms. The summed E-state index contributed by atoms with van der Waals surface area (Å²) in [6.07, 6.45) is 3.28. The van der Waals surface area contributed by atoms with E-state index < -0.39 is 5.41 Å². The number of ketones is 1. The maximum Gasteiger partial charge on any atom is 0.164 e. The van der Waals surface area contributed by atoms with Gasteiger partial charge in [-0.25, -0.2) is 0 Å². The van der Waals surface area contributed by atoms with Crippen LogP contribution in [-0.4, -0.2) is 15.9 Å². The average Bonchev–Trinajstić information content (AvgIpc) is 3.01. The van der Waals surface area contributed by atoms with E-state index in [4.69, 9.17) is 9.72 Å². The summed E-state index contributed by atoms with van der Waals surface area (Å²) in [6.45, 7) is 15.4. The van der Waals surface area contributed by atoms with Gasteiger partial charge < -0.3 is 14.8 Å². The Bertz CT molecular complexity index is 1570. The second-order valence-corrected chi connectivity index (χ2v) is 12.4. The number of carbonyl (C=O) groups excluding carboxylic acids is 1. The molecule has 0 bridgehead atoms. The number of nitrogens with zero attached hydrogens (tertiary/aromatic N) is 1. The van der Waals surface area contributed by atoms with Gasteiger partial charge in [-0.3, -0.25) is 4.79 Å². The number of para-hydroxylation sites is 1. The zero-order valence-corrected chi connectivity index (χ0v) is 27.4. The van der Waals surface area contributed by atoms with Crippen LogP contribution in [0.4, 0.5) is 0 Å². The monoisotopic (exact) mass is 725 g/mol. The van der Waals surface area contributed by atoms with E-state index in [2.05, 4.69) is 50.2 Å². The van der Waals surface area contributed by atoms with E-state index in [-0.39, 0.29) is 37.1 Å². The second-order valence-electron chi connectivity index (χ2n) is 12.4. The Morgan fingerprint density at radius 2 is 1.46 bits per heavy atom.